The maximum Gasteiger partial charge on any atom is 0.255 e. The molecule has 0 fully saturated rings. The standard InChI is InChI=1S/C21H26N2O5S/c1-4-27-19-11-9-16(13-20(19)28-5-2)21(24)22-17-10-8-15-7-6-12-23(18(15)14-17)29(3,25)26/h8-11,13-14H,4-7,12H2,1-3H3,(H,22,24). The number of ether oxygens (including phenoxy) is 2. The van der Waals surface area contributed by atoms with Crippen LogP contribution in [0.1, 0.15) is 36.2 Å². The molecule has 29 heavy (non-hydrogen) atoms. The normalized spacial score (nSPS) is 13.6. The molecule has 8 heteroatoms. The van der Waals surface area contributed by atoms with Gasteiger partial charge in [0.25, 0.3) is 5.91 Å². The van der Waals surface area contributed by atoms with E-state index in [9.17, 15) is 13.2 Å². The van der Waals surface area contributed by atoms with Crippen LogP contribution in [0.3, 0.4) is 0 Å². The first-order chi connectivity index (χ1) is 13.8. The first kappa shape index (κ1) is 21.0. The van der Waals surface area contributed by atoms with E-state index in [2.05, 4.69) is 5.32 Å². The predicted molar refractivity (Wildman–Crippen MR) is 114 cm³/mol. The van der Waals surface area contributed by atoms with Gasteiger partial charge >= 0.3 is 0 Å². The van der Waals surface area contributed by atoms with Crippen LogP contribution >= 0.6 is 0 Å². The van der Waals surface area contributed by atoms with Crippen LogP contribution in [0.25, 0.3) is 0 Å². The smallest absolute Gasteiger partial charge is 0.255 e. The molecule has 1 N–H and O–H groups in total. The van der Waals surface area contributed by atoms with Crippen molar-refractivity contribution in [2.75, 3.05) is 35.6 Å². The van der Waals surface area contributed by atoms with Gasteiger partial charge in [-0.05, 0) is 62.6 Å². The molecule has 3 rings (SSSR count). The van der Waals surface area contributed by atoms with Crippen LogP contribution < -0.4 is 19.1 Å². The fraction of sp³-hybridized carbons (Fsp3) is 0.381. The second-order valence-corrected chi connectivity index (χ2v) is 8.67. The number of hydrogen-bond donors (Lipinski definition) is 1. The lowest BCUT2D eigenvalue weighted by Gasteiger charge is -2.29. The number of sulfonamides is 1. The second kappa shape index (κ2) is 8.73. The van der Waals surface area contributed by atoms with E-state index in [1.165, 1.54) is 10.6 Å². The van der Waals surface area contributed by atoms with E-state index in [0.29, 0.717) is 48.2 Å². The van der Waals surface area contributed by atoms with Gasteiger partial charge in [0.2, 0.25) is 10.0 Å². The zero-order valence-electron chi connectivity index (χ0n) is 16.9. The lowest BCUT2D eigenvalue weighted by Crippen LogP contribution is -2.34. The van der Waals surface area contributed by atoms with Crippen molar-refractivity contribution in [1.29, 1.82) is 0 Å². The maximum atomic E-state index is 12.7. The molecule has 0 saturated carbocycles. The summed E-state index contributed by atoms with van der Waals surface area (Å²) in [7, 11) is -3.37. The third-order valence-corrected chi connectivity index (χ3v) is 5.81. The molecule has 0 saturated heterocycles. The molecular formula is C21H26N2O5S. The van der Waals surface area contributed by atoms with E-state index in [1.54, 1.807) is 30.3 Å². The van der Waals surface area contributed by atoms with Crippen molar-refractivity contribution < 1.29 is 22.7 Å². The highest BCUT2D eigenvalue weighted by Gasteiger charge is 2.24. The van der Waals surface area contributed by atoms with Crippen molar-refractivity contribution in [3.05, 3.63) is 47.5 Å². The number of hydrogen-bond acceptors (Lipinski definition) is 5. The van der Waals surface area contributed by atoms with Gasteiger partial charge in [0.1, 0.15) is 0 Å². The van der Waals surface area contributed by atoms with Gasteiger partial charge in [0.05, 0.1) is 25.2 Å². The van der Waals surface area contributed by atoms with E-state index in [1.807, 2.05) is 19.9 Å². The van der Waals surface area contributed by atoms with Crippen LogP contribution in [0.5, 0.6) is 11.5 Å². The van der Waals surface area contributed by atoms with E-state index >= 15 is 0 Å². The Hall–Kier alpha value is -2.74. The zero-order chi connectivity index (χ0) is 21.0. The van der Waals surface area contributed by atoms with Crippen LogP contribution in [0.4, 0.5) is 11.4 Å². The summed E-state index contributed by atoms with van der Waals surface area (Å²) in [6, 6.07) is 10.4. The number of amides is 1. The van der Waals surface area contributed by atoms with Crippen molar-refractivity contribution >= 4 is 27.3 Å². The minimum atomic E-state index is -3.37. The van der Waals surface area contributed by atoms with Gasteiger partial charge in [-0.2, -0.15) is 0 Å². The highest BCUT2D eigenvalue weighted by molar-refractivity contribution is 7.92. The summed E-state index contributed by atoms with van der Waals surface area (Å²) >= 11 is 0. The fourth-order valence-corrected chi connectivity index (χ4v) is 4.35. The molecular weight excluding hydrogens is 392 g/mol. The Kier molecular flexibility index (Phi) is 6.32. The molecule has 0 atom stereocenters. The van der Waals surface area contributed by atoms with Crippen molar-refractivity contribution in [2.24, 2.45) is 0 Å². The number of benzene rings is 2. The van der Waals surface area contributed by atoms with Gasteiger partial charge in [-0.15, -0.1) is 0 Å². The Bertz CT molecular complexity index is 1000. The van der Waals surface area contributed by atoms with Gasteiger partial charge in [0, 0.05) is 17.8 Å². The van der Waals surface area contributed by atoms with Crippen LogP contribution in [0.2, 0.25) is 0 Å². The summed E-state index contributed by atoms with van der Waals surface area (Å²) < 4.78 is 36.7. The molecule has 1 heterocycles. The van der Waals surface area contributed by atoms with Gasteiger partial charge in [-0.1, -0.05) is 6.07 Å². The van der Waals surface area contributed by atoms with E-state index in [0.717, 1.165) is 18.4 Å². The van der Waals surface area contributed by atoms with Gasteiger partial charge in [-0.25, -0.2) is 8.42 Å². The van der Waals surface area contributed by atoms with Gasteiger partial charge < -0.3 is 14.8 Å². The van der Waals surface area contributed by atoms with Crippen LogP contribution in [-0.4, -0.2) is 40.3 Å². The molecule has 1 aliphatic rings. The molecule has 0 aliphatic carbocycles. The summed E-state index contributed by atoms with van der Waals surface area (Å²) in [5.41, 5.74) is 2.54. The van der Waals surface area contributed by atoms with Crippen LogP contribution in [0, 0.1) is 0 Å². The highest BCUT2D eigenvalue weighted by Crippen LogP contribution is 2.32. The number of nitrogens with zero attached hydrogens (tertiary/aromatic N) is 1. The summed E-state index contributed by atoms with van der Waals surface area (Å²) in [6.07, 6.45) is 2.78. The fourth-order valence-electron chi connectivity index (χ4n) is 3.36. The number of rotatable bonds is 7. The van der Waals surface area contributed by atoms with E-state index < -0.39 is 10.0 Å². The first-order valence-corrected chi connectivity index (χ1v) is 11.5. The third kappa shape index (κ3) is 4.82. The number of carbonyl (C=O) groups excluding carboxylic acids is 1. The molecule has 156 valence electrons. The minimum Gasteiger partial charge on any atom is -0.490 e. The number of aryl methyl sites for hydroxylation is 1. The summed E-state index contributed by atoms with van der Waals surface area (Å²) in [5.74, 6) is 0.787. The average Bonchev–Trinajstić information content (AvgIpc) is 2.68. The largest absolute Gasteiger partial charge is 0.490 e. The SMILES string of the molecule is CCOc1ccc(C(=O)Nc2ccc3c(c2)N(S(C)(=O)=O)CCC3)cc1OCC. The van der Waals surface area contributed by atoms with Crippen molar-refractivity contribution in [3.8, 4) is 11.5 Å². The molecule has 0 bridgehead atoms. The Labute approximate surface area is 171 Å². The van der Waals surface area contributed by atoms with E-state index in [-0.39, 0.29) is 5.91 Å². The predicted octanol–water partition coefficient (Wildman–Crippen LogP) is 3.45. The Morgan fingerprint density at radius 2 is 1.79 bits per heavy atom. The Balaban J connectivity index is 1.85. The highest BCUT2D eigenvalue weighted by atomic mass is 32.2. The average molecular weight is 419 g/mol. The van der Waals surface area contributed by atoms with Crippen LogP contribution in [0.15, 0.2) is 36.4 Å². The van der Waals surface area contributed by atoms with E-state index in [4.69, 9.17) is 9.47 Å². The number of anilines is 2. The summed E-state index contributed by atoms with van der Waals surface area (Å²) in [4.78, 5) is 12.7. The summed E-state index contributed by atoms with van der Waals surface area (Å²) in [6.45, 7) is 5.14. The first-order valence-electron chi connectivity index (χ1n) is 9.65. The van der Waals surface area contributed by atoms with Crippen molar-refractivity contribution in [2.45, 2.75) is 26.7 Å². The molecule has 0 unspecified atom stereocenters. The van der Waals surface area contributed by atoms with Gasteiger partial charge in [-0.3, -0.25) is 9.10 Å². The topological polar surface area (TPSA) is 84.9 Å². The molecule has 1 amide bonds. The molecule has 0 radical (unpaired) electrons. The molecule has 2 aromatic carbocycles. The number of nitrogens with one attached hydrogen (secondary N) is 1. The third-order valence-electron chi connectivity index (χ3n) is 4.63. The molecule has 7 nitrogen and oxygen atoms in total. The lowest BCUT2D eigenvalue weighted by atomic mass is 10.0. The number of fused-ring (bicyclic) bond motifs is 1. The maximum absolute atomic E-state index is 12.7. The molecule has 0 aromatic heterocycles. The van der Waals surface area contributed by atoms with Crippen molar-refractivity contribution in [3.63, 3.8) is 0 Å². The number of carbonyl (C=O) groups is 1. The zero-order valence-corrected chi connectivity index (χ0v) is 17.7. The van der Waals surface area contributed by atoms with Gasteiger partial charge in [0.15, 0.2) is 11.5 Å². The lowest BCUT2D eigenvalue weighted by molar-refractivity contribution is 0.102. The molecule has 2 aromatic rings. The van der Waals surface area contributed by atoms with Crippen LogP contribution in [-0.2, 0) is 16.4 Å². The monoisotopic (exact) mass is 418 g/mol. The Morgan fingerprint density at radius 1 is 1.07 bits per heavy atom. The Morgan fingerprint density at radius 3 is 2.48 bits per heavy atom. The second-order valence-electron chi connectivity index (χ2n) is 6.76. The molecule has 1 aliphatic heterocycles. The quantitative estimate of drug-likeness (QED) is 0.744. The minimum absolute atomic E-state index is 0.310. The molecule has 0 spiro atoms. The van der Waals surface area contributed by atoms with Crippen molar-refractivity contribution in [1.82, 2.24) is 0 Å². The summed E-state index contributed by atoms with van der Waals surface area (Å²) in [5, 5.41) is 2.84.